The largest absolute Gasteiger partial charge is 0.489 e. The normalized spacial score (nSPS) is 18.4. The van der Waals surface area contributed by atoms with E-state index in [2.05, 4.69) is 13.8 Å². The Bertz CT molecular complexity index is 867. The molecule has 27 heavy (non-hydrogen) atoms. The van der Waals surface area contributed by atoms with Crippen molar-refractivity contribution >= 4 is 5.97 Å². The van der Waals surface area contributed by atoms with Crippen LogP contribution in [0.25, 0.3) is 0 Å². The summed E-state index contributed by atoms with van der Waals surface area (Å²) in [5.74, 6) is 2.13. The molecular weight excluding hydrogens is 340 g/mol. The molecule has 0 spiro atoms. The SMILES string of the molecule is CC(=O)Oc1c(C)c(C)c2c(c1C)CCC(C)(COc1ccc(C)cc1)O2. The molecule has 4 heteroatoms. The van der Waals surface area contributed by atoms with Crippen molar-refractivity contribution < 1.29 is 19.0 Å². The minimum Gasteiger partial charge on any atom is -0.489 e. The summed E-state index contributed by atoms with van der Waals surface area (Å²) in [7, 11) is 0. The molecule has 0 saturated carbocycles. The van der Waals surface area contributed by atoms with Crippen LogP contribution in [0, 0.1) is 27.7 Å². The van der Waals surface area contributed by atoms with Gasteiger partial charge in [0.2, 0.25) is 0 Å². The number of aryl methyl sites for hydroxylation is 1. The lowest BCUT2D eigenvalue weighted by atomic mass is 9.87. The van der Waals surface area contributed by atoms with E-state index in [-0.39, 0.29) is 5.97 Å². The van der Waals surface area contributed by atoms with Crippen molar-refractivity contribution in [1.29, 1.82) is 0 Å². The molecule has 0 fully saturated rings. The van der Waals surface area contributed by atoms with E-state index in [0.717, 1.165) is 46.6 Å². The van der Waals surface area contributed by atoms with Crippen LogP contribution < -0.4 is 14.2 Å². The third-order valence-electron chi connectivity index (χ3n) is 5.37. The Morgan fingerprint density at radius 3 is 2.37 bits per heavy atom. The van der Waals surface area contributed by atoms with Crippen LogP contribution in [0.15, 0.2) is 24.3 Å². The second kappa shape index (κ2) is 7.26. The fourth-order valence-electron chi connectivity index (χ4n) is 3.55. The Hall–Kier alpha value is -2.49. The predicted octanol–water partition coefficient (Wildman–Crippen LogP) is 5.01. The molecule has 1 aliphatic heterocycles. The zero-order chi connectivity index (χ0) is 19.8. The first-order valence-electron chi connectivity index (χ1n) is 9.40. The summed E-state index contributed by atoms with van der Waals surface area (Å²) >= 11 is 0. The van der Waals surface area contributed by atoms with Crippen LogP contribution in [-0.4, -0.2) is 18.2 Å². The van der Waals surface area contributed by atoms with Crippen molar-refractivity contribution in [2.45, 2.75) is 60.0 Å². The molecule has 3 rings (SSSR count). The summed E-state index contributed by atoms with van der Waals surface area (Å²) in [5, 5.41) is 0. The topological polar surface area (TPSA) is 44.8 Å². The van der Waals surface area contributed by atoms with Gasteiger partial charge in [-0.1, -0.05) is 17.7 Å². The first kappa shape index (κ1) is 19.3. The van der Waals surface area contributed by atoms with Crippen LogP contribution in [0.5, 0.6) is 17.2 Å². The highest BCUT2D eigenvalue weighted by Gasteiger charge is 2.35. The van der Waals surface area contributed by atoms with Gasteiger partial charge in [-0.3, -0.25) is 4.79 Å². The maximum atomic E-state index is 11.5. The Balaban J connectivity index is 1.84. The summed E-state index contributed by atoms with van der Waals surface area (Å²) in [6.45, 7) is 12.1. The van der Waals surface area contributed by atoms with Crippen molar-refractivity contribution in [3.05, 3.63) is 52.1 Å². The minimum atomic E-state index is -0.398. The third-order valence-corrected chi connectivity index (χ3v) is 5.37. The van der Waals surface area contributed by atoms with E-state index < -0.39 is 5.60 Å². The number of rotatable bonds is 4. The fourth-order valence-corrected chi connectivity index (χ4v) is 3.55. The van der Waals surface area contributed by atoms with E-state index in [9.17, 15) is 4.79 Å². The Labute approximate surface area is 161 Å². The van der Waals surface area contributed by atoms with E-state index in [1.165, 1.54) is 12.5 Å². The van der Waals surface area contributed by atoms with Crippen LogP contribution in [0.2, 0.25) is 0 Å². The summed E-state index contributed by atoms with van der Waals surface area (Å²) in [6.07, 6.45) is 1.71. The smallest absolute Gasteiger partial charge is 0.308 e. The average Bonchev–Trinajstić information content (AvgIpc) is 2.63. The van der Waals surface area contributed by atoms with Gasteiger partial charge in [-0.2, -0.15) is 0 Å². The van der Waals surface area contributed by atoms with E-state index >= 15 is 0 Å². The summed E-state index contributed by atoms with van der Waals surface area (Å²) < 4.78 is 17.9. The molecule has 0 radical (unpaired) electrons. The lowest BCUT2D eigenvalue weighted by Crippen LogP contribution is -2.42. The van der Waals surface area contributed by atoms with Crippen LogP contribution >= 0.6 is 0 Å². The van der Waals surface area contributed by atoms with E-state index in [4.69, 9.17) is 14.2 Å². The van der Waals surface area contributed by atoms with E-state index in [1.807, 2.05) is 45.0 Å². The monoisotopic (exact) mass is 368 g/mol. The summed E-state index contributed by atoms with van der Waals surface area (Å²) in [4.78, 5) is 11.5. The quantitative estimate of drug-likeness (QED) is 0.562. The predicted molar refractivity (Wildman–Crippen MR) is 106 cm³/mol. The van der Waals surface area contributed by atoms with Crippen LogP contribution in [0.1, 0.15) is 48.1 Å². The Kier molecular flexibility index (Phi) is 5.18. The van der Waals surface area contributed by atoms with Gasteiger partial charge in [0.15, 0.2) is 0 Å². The van der Waals surface area contributed by atoms with Gasteiger partial charge >= 0.3 is 5.97 Å². The zero-order valence-corrected chi connectivity index (χ0v) is 17.1. The first-order valence-corrected chi connectivity index (χ1v) is 9.40. The fraction of sp³-hybridized carbons (Fsp3) is 0.435. The number of benzene rings is 2. The number of carbonyl (C=O) groups excluding carboxylic acids is 1. The lowest BCUT2D eigenvalue weighted by Gasteiger charge is -2.37. The van der Waals surface area contributed by atoms with Gasteiger partial charge in [-0.05, 0) is 76.3 Å². The molecule has 1 heterocycles. The molecular formula is C23H28O4. The molecule has 2 aromatic carbocycles. The average molecular weight is 368 g/mol. The van der Waals surface area contributed by atoms with Crippen molar-refractivity contribution in [2.75, 3.05) is 6.61 Å². The van der Waals surface area contributed by atoms with Gasteiger partial charge < -0.3 is 14.2 Å². The van der Waals surface area contributed by atoms with E-state index in [1.54, 1.807) is 0 Å². The Morgan fingerprint density at radius 1 is 1.07 bits per heavy atom. The molecule has 0 aromatic heterocycles. The summed E-state index contributed by atoms with van der Waals surface area (Å²) in [6, 6.07) is 8.06. The van der Waals surface area contributed by atoms with Crippen molar-refractivity contribution in [1.82, 2.24) is 0 Å². The molecule has 0 amide bonds. The van der Waals surface area contributed by atoms with Gasteiger partial charge in [0.1, 0.15) is 29.5 Å². The van der Waals surface area contributed by atoms with Crippen LogP contribution in [0.3, 0.4) is 0 Å². The molecule has 2 aromatic rings. The highest BCUT2D eigenvalue weighted by atomic mass is 16.5. The van der Waals surface area contributed by atoms with Crippen LogP contribution in [-0.2, 0) is 11.2 Å². The Morgan fingerprint density at radius 2 is 1.74 bits per heavy atom. The minimum absolute atomic E-state index is 0.298. The van der Waals surface area contributed by atoms with Gasteiger partial charge in [-0.15, -0.1) is 0 Å². The highest BCUT2D eigenvalue weighted by molar-refractivity contribution is 5.72. The molecule has 0 aliphatic carbocycles. The number of carbonyl (C=O) groups is 1. The number of hydrogen-bond acceptors (Lipinski definition) is 4. The van der Waals surface area contributed by atoms with Gasteiger partial charge in [-0.25, -0.2) is 0 Å². The van der Waals surface area contributed by atoms with Crippen molar-refractivity contribution in [3.8, 4) is 17.2 Å². The second-order valence-electron chi connectivity index (χ2n) is 7.76. The van der Waals surface area contributed by atoms with Gasteiger partial charge in [0, 0.05) is 12.5 Å². The highest BCUT2D eigenvalue weighted by Crippen LogP contribution is 2.43. The molecule has 0 saturated heterocycles. The van der Waals surface area contributed by atoms with Crippen LogP contribution in [0.4, 0.5) is 0 Å². The standard InChI is InChI=1S/C23H28O4/c1-14-7-9-19(10-8-14)25-13-23(6)12-11-20-17(4)21(26-18(5)24)15(2)16(3)22(20)27-23/h7-10H,11-13H2,1-6H3. The number of hydrogen-bond donors (Lipinski definition) is 0. The maximum absolute atomic E-state index is 11.5. The zero-order valence-electron chi connectivity index (χ0n) is 17.1. The second-order valence-corrected chi connectivity index (χ2v) is 7.76. The number of esters is 1. The van der Waals surface area contributed by atoms with Gasteiger partial charge in [0.25, 0.3) is 0 Å². The molecule has 144 valence electrons. The van der Waals surface area contributed by atoms with Crippen molar-refractivity contribution in [2.24, 2.45) is 0 Å². The number of fused-ring (bicyclic) bond motifs is 1. The maximum Gasteiger partial charge on any atom is 0.308 e. The van der Waals surface area contributed by atoms with Crippen molar-refractivity contribution in [3.63, 3.8) is 0 Å². The van der Waals surface area contributed by atoms with E-state index in [0.29, 0.717) is 12.4 Å². The lowest BCUT2D eigenvalue weighted by molar-refractivity contribution is -0.132. The molecule has 1 unspecified atom stereocenters. The summed E-state index contributed by atoms with van der Waals surface area (Å²) in [5.41, 5.74) is 4.90. The third kappa shape index (κ3) is 3.95. The van der Waals surface area contributed by atoms with Gasteiger partial charge in [0.05, 0.1) is 0 Å². The molecule has 0 bridgehead atoms. The molecule has 1 aliphatic rings. The number of ether oxygens (including phenoxy) is 3. The first-order chi connectivity index (χ1) is 12.7. The molecule has 4 nitrogen and oxygen atoms in total. The molecule has 1 atom stereocenters. The molecule has 0 N–H and O–H groups in total.